The van der Waals surface area contributed by atoms with E-state index in [1.807, 2.05) is 13.1 Å². The molecule has 0 saturated heterocycles. The van der Waals surface area contributed by atoms with Gasteiger partial charge in [-0.3, -0.25) is 4.90 Å². The van der Waals surface area contributed by atoms with Gasteiger partial charge in [0.05, 0.1) is 5.67 Å². The van der Waals surface area contributed by atoms with E-state index in [-0.39, 0.29) is 18.1 Å². The molecule has 0 spiro atoms. The summed E-state index contributed by atoms with van der Waals surface area (Å²) in [5.41, 5.74) is 0.162. The standard InChI is InChI=1S/C10H23NO3Si.ClH/c1-7-9-11(3)10(8-2)15(12-4,13-5)14-6;/h7,10H,1,8-9H2,2-6H3;1H. The molecule has 1 unspecified atom stereocenters. The predicted molar refractivity (Wildman–Crippen MR) is 70.9 cm³/mol. The second-order valence-electron chi connectivity index (χ2n) is 3.37. The monoisotopic (exact) mass is 269 g/mol. The summed E-state index contributed by atoms with van der Waals surface area (Å²) >= 11 is 0. The third-order valence-electron chi connectivity index (χ3n) is 2.60. The van der Waals surface area contributed by atoms with Crippen molar-refractivity contribution in [1.82, 2.24) is 4.90 Å². The van der Waals surface area contributed by atoms with Gasteiger partial charge < -0.3 is 13.3 Å². The number of rotatable bonds is 8. The number of nitrogens with zero attached hydrogens (tertiary/aromatic N) is 1. The van der Waals surface area contributed by atoms with Crippen molar-refractivity contribution < 1.29 is 13.3 Å². The Hall–Kier alpha value is 0.0869. The van der Waals surface area contributed by atoms with Crippen LogP contribution in [0.5, 0.6) is 0 Å². The Labute approximate surface area is 106 Å². The van der Waals surface area contributed by atoms with Crippen LogP contribution in [0.4, 0.5) is 0 Å². The first-order valence-corrected chi connectivity index (χ1v) is 6.88. The molecule has 0 radical (unpaired) electrons. The van der Waals surface area contributed by atoms with Crippen LogP contribution < -0.4 is 0 Å². The second kappa shape index (κ2) is 9.15. The highest BCUT2D eigenvalue weighted by Crippen LogP contribution is 2.19. The molecule has 0 aromatic rings. The van der Waals surface area contributed by atoms with E-state index in [2.05, 4.69) is 18.4 Å². The van der Waals surface area contributed by atoms with Crippen molar-refractivity contribution in [2.24, 2.45) is 0 Å². The lowest BCUT2D eigenvalue weighted by Crippen LogP contribution is -2.60. The summed E-state index contributed by atoms with van der Waals surface area (Å²) in [6, 6.07) is 0. The summed E-state index contributed by atoms with van der Waals surface area (Å²) in [5, 5.41) is 0. The van der Waals surface area contributed by atoms with Crippen molar-refractivity contribution in [3.05, 3.63) is 12.7 Å². The van der Waals surface area contributed by atoms with Crippen LogP contribution in [0.25, 0.3) is 0 Å². The zero-order chi connectivity index (χ0) is 11.9. The first kappa shape index (κ1) is 18.5. The Morgan fingerprint density at radius 3 is 1.94 bits per heavy atom. The molecule has 4 nitrogen and oxygen atoms in total. The SMILES string of the molecule is C=CCN(C)C(CC)[Si](OC)(OC)OC.Cl. The Balaban J connectivity index is 0. The Morgan fingerprint density at radius 1 is 1.25 bits per heavy atom. The van der Waals surface area contributed by atoms with Gasteiger partial charge in [0.1, 0.15) is 0 Å². The van der Waals surface area contributed by atoms with E-state index in [9.17, 15) is 0 Å². The number of hydrogen-bond acceptors (Lipinski definition) is 4. The molecular weight excluding hydrogens is 246 g/mol. The lowest BCUT2D eigenvalue weighted by molar-refractivity contribution is 0.0831. The van der Waals surface area contributed by atoms with Gasteiger partial charge in [-0.1, -0.05) is 13.0 Å². The molecule has 0 aromatic carbocycles. The molecule has 0 N–H and O–H groups in total. The van der Waals surface area contributed by atoms with Crippen LogP contribution >= 0.6 is 12.4 Å². The van der Waals surface area contributed by atoms with Crippen LogP contribution in [0.1, 0.15) is 13.3 Å². The fourth-order valence-corrected chi connectivity index (χ4v) is 4.28. The smallest absolute Gasteiger partial charge is 0.376 e. The lowest BCUT2D eigenvalue weighted by Gasteiger charge is -2.36. The van der Waals surface area contributed by atoms with E-state index in [1.54, 1.807) is 21.3 Å². The Kier molecular flexibility index (Phi) is 10.6. The van der Waals surface area contributed by atoms with E-state index in [0.717, 1.165) is 13.0 Å². The molecule has 0 amide bonds. The first-order chi connectivity index (χ1) is 7.11. The highest BCUT2D eigenvalue weighted by molar-refractivity contribution is 6.62. The van der Waals surface area contributed by atoms with Crippen LogP contribution in [-0.4, -0.2) is 54.3 Å². The average molecular weight is 270 g/mol. The lowest BCUT2D eigenvalue weighted by atomic mass is 10.4. The fourth-order valence-electron chi connectivity index (χ4n) is 1.82. The van der Waals surface area contributed by atoms with Gasteiger partial charge in [-0.2, -0.15) is 0 Å². The van der Waals surface area contributed by atoms with Crippen LogP contribution in [0.3, 0.4) is 0 Å². The van der Waals surface area contributed by atoms with Crippen LogP contribution in [0.2, 0.25) is 0 Å². The molecule has 16 heavy (non-hydrogen) atoms. The van der Waals surface area contributed by atoms with Crippen molar-refractivity contribution in [3.63, 3.8) is 0 Å². The summed E-state index contributed by atoms with van der Waals surface area (Å²) in [7, 11) is 4.38. The van der Waals surface area contributed by atoms with E-state index >= 15 is 0 Å². The summed E-state index contributed by atoms with van der Waals surface area (Å²) in [5.74, 6) is 0. The molecule has 0 heterocycles. The van der Waals surface area contributed by atoms with E-state index < -0.39 is 8.80 Å². The minimum absolute atomic E-state index is 0. The molecule has 1 atom stereocenters. The molecule has 0 fully saturated rings. The molecule has 0 aliphatic carbocycles. The summed E-state index contributed by atoms with van der Waals surface area (Å²) in [6.45, 7) is 6.62. The summed E-state index contributed by atoms with van der Waals surface area (Å²) in [6.07, 6.45) is 2.79. The maximum atomic E-state index is 5.48. The van der Waals surface area contributed by atoms with Crippen molar-refractivity contribution in [3.8, 4) is 0 Å². The Morgan fingerprint density at radius 2 is 1.69 bits per heavy atom. The zero-order valence-corrected chi connectivity index (χ0v) is 12.7. The van der Waals surface area contributed by atoms with Gasteiger partial charge in [0.15, 0.2) is 0 Å². The van der Waals surface area contributed by atoms with Gasteiger partial charge in [-0.15, -0.1) is 19.0 Å². The topological polar surface area (TPSA) is 30.9 Å². The normalized spacial score (nSPS) is 13.4. The van der Waals surface area contributed by atoms with Gasteiger partial charge in [0.2, 0.25) is 0 Å². The molecule has 0 saturated carbocycles. The minimum Gasteiger partial charge on any atom is -0.376 e. The van der Waals surface area contributed by atoms with Crippen LogP contribution in [0, 0.1) is 0 Å². The van der Waals surface area contributed by atoms with Crippen molar-refractivity contribution in [2.45, 2.75) is 19.0 Å². The third-order valence-corrected chi connectivity index (χ3v) is 5.97. The molecule has 0 rings (SSSR count). The van der Waals surface area contributed by atoms with Crippen molar-refractivity contribution in [2.75, 3.05) is 34.9 Å². The zero-order valence-electron chi connectivity index (χ0n) is 10.9. The van der Waals surface area contributed by atoms with Gasteiger partial charge in [0, 0.05) is 27.9 Å². The molecule has 98 valence electrons. The molecule has 6 heteroatoms. The van der Waals surface area contributed by atoms with Crippen molar-refractivity contribution >= 4 is 21.2 Å². The summed E-state index contributed by atoms with van der Waals surface area (Å²) < 4.78 is 16.4. The van der Waals surface area contributed by atoms with E-state index in [0.29, 0.717) is 0 Å². The van der Waals surface area contributed by atoms with E-state index in [4.69, 9.17) is 13.3 Å². The first-order valence-electron chi connectivity index (χ1n) is 5.08. The van der Waals surface area contributed by atoms with Crippen molar-refractivity contribution in [1.29, 1.82) is 0 Å². The van der Waals surface area contributed by atoms with Crippen LogP contribution in [0.15, 0.2) is 12.7 Å². The van der Waals surface area contributed by atoms with Gasteiger partial charge in [-0.25, -0.2) is 0 Å². The number of halogens is 1. The molecule has 0 aromatic heterocycles. The van der Waals surface area contributed by atoms with Gasteiger partial charge in [0.25, 0.3) is 0 Å². The second-order valence-corrected chi connectivity index (χ2v) is 6.47. The maximum Gasteiger partial charge on any atom is 0.518 e. The molecule has 0 bridgehead atoms. The predicted octanol–water partition coefficient (Wildman–Crippen LogP) is 1.72. The van der Waals surface area contributed by atoms with Gasteiger partial charge >= 0.3 is 8.80 Å². The van der Waals surface area contributed by atoms with E-state index in [1.165, 1.54) is 0 Å². The minimum atomic E-state index is -2.57. The third kappa shape index (κ3) is 4.16. The van der Waals surface area contributed by atoms with Crippen LogP contribution in [-0.2, 0) is 13.3 Å². The quantitative estimate of drug-likeness (QED) is 0.496. The largest absolute Gasteiger partial charge is 0.518 e. The number of hydrogen-bond donors (Lipinski definition) is 0. The fraction of sp³-hybridized carbons (Fsp3) is 0.800. The highest BCUT2D eigenvalue weighted by Gasteiger charge is 2.48. The van der Waals surface area contributed by atoms with Gasteiger partial charge in [-0.05, 0) is 13.5 Å². The molecule has 0 aliphatic rings. The maximum absolute atomic E-state index is 5.48. The molecule has 0 aliphatic heterocycles. The summed E-state index contributed by atoms with van der Waals surface area (Å²) in [4.78, 5) is 2.15. The highest BCUT2D eigenvalue weighted by atomic mass is 35.5. The molecular formula is C10H24ClNO3Si. The average Bonchev–Trinajstić information content (AvgIpc) is 2.26. The number of likely N-dealkylation sites (N-methyl/N-ethyl adjacent to an activating group) is 1. The Bertz CT molecular complexity index is 183.